The molecule has 2 N–H and O–H groups in total. The molecule has 3 aromatic rings. The summed E-state index contributed by atoms with van der Waals surface area (Å²) in [4.78, 5) is 15.8. The van der Waals surface area contributed by atoms with Gasteiger partial charge < -0.3 is 20.3 Å². The summed E-state index contributed by atoms with van der Waals surface area (Å²) in [5, 5.41) is 6.42. The van der Waals surface area contributed by atoms with Crippen molar-refractivity contribution in [2.45, 2.75) is 26.2 Å². The molecule has 1 fully saturated rings. The average Bonchev–Trinajstić information content (AvgIpc) is 2.81. The summed E-state index contributed by atoms with van der Waals surface area (Å²) in [6.45, 7) is 4.89. The lowest BCUT2D eigenvalue weighted by atomic mass is 10.1. The maximum Gasteiger partial charge on any atom is 0.233 e. The first-order valence-electron chi connectivity index (χ1n) is 10.7. The van der Waals surface area contributed by atoms with Crippen LogP contribution >= 0.6 is 0 Å². The maximum atomic E-state index is 13.2. The van der Waals surface area contributed by atoms with Crippen LogP contribution in [-0.4, -0.2) is 41.3 Å². The number of nitrogens with one attached hydrogen (secondary N) is 2. The van der Waals surface area contributed by atoms with Crippen molar-refractivity contribution in [1.29, 1.82) is 0 Å². The Bertz CT molecular complexity index is 974. The van der Waals surface area contributed by atoms with E-state index in [1.165, 1.54) is 30.5 Å². The Balaban J connectivity index is 1.56. The first kappa shape index (κ1) is 21.0. The van der Waals surface area contributed by atoms with Crippen LogP contribution < -0.4 is 15.5 Å². The number of rotatable bonds is 8. The van der Waals surface area contributed by atoms with Gasteiger partial charge in [0.25, 0.3) is 0 Å². The van der Waals surface area contributed by atoms with E-state index in [1.54, 1.807) is 12.1 Å². The van der Waals surface area contributed by atoms with Crippen LogP contribution in [0.2, 0.25) is 0 Å². The predicted molar refractivity (Wildman–Crippen MR) is 121 cm³/mol. The van der Waals surface area contributed by atoms with Gasteiger partial charge in [0.2, 0.25) is 17.8 Å². The summed E-state index contributed by atoms with van der Waals surface area (Å²) in [5.41, 5.74) is 2.93. The van der Waals surface area contributed by atoms with Crippen molar-refractivity contribution in [3.63, 3.8) is 0 Å². The van der Waals surface area contributed by atoms with E-state index in [4.69, 9.17) is 4.74 Å². The Morgan fingerprint density at radius 1 is 0.871 bits per heavy atom. The molecule has 0 spiro atoms. The number of nitrogens with zero attached hydrogens (tertiary/aromatic N) is 4. The first-order chi connectivity index (χ1) is 15.2. The number of halogens is 1. The molecule has 0 atom stereocenters. The molecule has 1 aliphatic heterocycles. The van der Waals surface area contributed by atoms with Gasteiger partial charge in [-0.25, -0.2) is 4.39 Å². The first-order valence-corrected chi connectivity index (χ1v) is 10.7. The van der Waals surface area contributed by atoms with Crippen molar-refractivity contribution in [3.8, 4) is 0 Å². The van der Waals surface area contributed by atoms with Crippen molar-refractivity contribution >= 4 is 29.2 Å². The summed E-state index contributed by atoms with van der Waals surface area (Å²) < 4.78 is 18.7. The number of ether oxygens (including phenoxy) is 1. The number of unbranched alkanes of at least 4 members (excludes halogenated alkanes) is 1. The highest BCUT2D eigenvalue weighted by atomic mass is 19.1. The van der Waals surface area contributed by atoms with Crippen molar-refractivity contribution < 1.29 is 9.13 Å². The molecule has 1 aliphatic rings. The molecule has 0 saturated carbocycles. The minimum Gasteiger partial charge on any atom is -0.378 e. The van der Waals surface area contributed by atoms with Crippen LogP contribution in [0.1, 0.15) is 25.3 Å². The normalized spacial score (nSPS) is 13.8. The minimum absolute atomic E-state index is 0.292. The standard InChI is InChI=1S/C23H27FN6O/c1-2-3-4-17-5-9-19(10-6-17)25-21-27-22(26-20-11-7-18(24)8-12-20)29-23(28-21)30-13-15-31-16-14-30/h5-12H,2-4,13-16H2,1H3,(H2,25,26,27,28,29). The Morgan fingerprint density at radius 2 is 1.45 bits per heavy atom. The number of benzene rings is 2. The van der Waals surface area contributed by atoms with Gasteiger partial charge in [0, 0.05) is 24.5 Å². The van der Waals surface area contributed by atoms with Crippen LogP contribution in [-0.2, 0) is 11.2 Å². The van der Waals surface area contributed by atoms with Gasteiger partial charge in [-0.3, -0.25) is 0 Å². The van der Waals surface area contributed by atoms with Gasteiger partial charge in [-0.15, -0.1) is 0 Å². The largest absolute Gasteiger partial charge is 0.378 e. The number of hydrogen-bond donors (Lipinski definition) is 2. The van der Waals surface area contributed by atoms with Crippen LogP contribution in [0.4, 0.5) is 33.6 Å². The summed E-state index contributed by atoms with van der Waals surface area (Å²) in [6.07, 6.45) is 3.44. The lowest BCUT2D eigenvalue weighted by Gasteiger charge is -2.27. The molecular weight excluding hydrogens is 395 g/mol. The second-order valence-electron chi connectivity index (χ2n) is 7.44. The predicted octanol–water partition coefficient (Wildman–Crippen LogP) is 4.68. The van der Waals surface area contributed by atoms with Crippen LogP contribution in [0.5, 0.6) is 0 Å². The van der Waals surface area contributed by atoms with E-state index in [0.29, 0.717) is 49.8 Å². The van der Waals surface area contributed by atoms with Gasteiger partial charge in [0.1, 0.15) is 5.82 Å². The summed E-state index contributed by atoms with van der Waals surface area (Å²) in [6, 6.07) is 14.4. The summed E-state index contributed by atoms with van der Waals surface area (Å²) >= 11 is 0. The fraction of sp³-hybridized carbons (Fsp3) is 0.348. The van der Waals surface area contributed by atoms with Crippen LogP contribution in [0.3, 0.4) is 0 Å². The van der Waals surface area contributed by atoms with Crippen LogP contribution in [0, 0.1) is 5.82 Å². The Labute approximate surface area is 181 Å². The van der Waals surface area contributed by atoms with E-state index < -0.39 is 0 Å². The van der Waals surface area contributed by atoms with Gasteiger partial charge in [-0.1, -0.05) is 25.5 Å². The highest BCUT2D eigenvalue weighted by Gasteiger charge is 2.17. The fourth-order valence-corrected chi connectivity index (χ4v) is 3.31. The highest BCUT2D eigenvalue weighted by Crippen LogP contribution is 2.22. The number of aromatic nitrogens is 3. The molecule has 2 aromatic carbocycles. The van der Waals surface area contributed by atoms with E-state index >= 15 is 0 Å². The molecule has 0 unspecified atom stereocenters. The SMILES string of the molecule is CCCCc1ccc(Nc2nc(Nc3ccc(F)cc3)nc(N3CCOCC3)n2)cc1. The van der Waals surface area contributed by atoms with E-state index in [0.717, 1.165) is 12.1 Å². The molecule has 4 rings (SSSR count). The third-order valence-electron chi connectivity index (χ3n) is 5.05. The van der Waals surface area contributed by atoms with Crippen molar-refractivity contribution in [1.82, 2.24) is 15.0 Å². The average molecular weight is 423 g/mol. The second kappa shape index (κ2) is 10.2. The van der Waals surface area contributed by atoms with Gasteiger partial charge >= 0.3 is 0 Å². The number of morpholine rings is 1. The number of anilines is 5. The van der Waals surface area contributed by atoms with Crippen molar-refractivity contribution in [2.75, 3.05) is 41.8 Å². The highest BCUT2D eigenvalue weighted by molar-refractivity contribution is 5.59. The van der Waals surface area contributed by atoms with Crippen molar-refractivity contribution in [2.24, 2.45) is 0 Å². The Morgan fingerprint density at radius 3 is 2.03 bits per heavy atom. The molecule has 1 saturated heterocycles. The molecule has 0 radical (unpaired) electrons. The van der Waals surface area contributed by atoms with Crippen LogP contribution in [0.25, 0.3) is 0 Å². The van der Waals surface area contributed by atoms with Crippen LogP contribution in [0.15, 0.2) is 48.5 Å². The zero-order valence-corrected chi connectivity index (χ0v) is 17.6. The lowest BCUT2D eigenvalue weighted by Crippen LogP contribution is -2.37. The number of aryl methyl sites for hydroxylation is 1. The molecule has 1 aromatic heterocycles. The monoisotopic (exact) mass is 422 g/mol. The van der Waals surface area contributed by atoms with Gasteiger partial charge in [0.15, 0.2) is 0 Å². The molecule has 0 aliphatic carbocycles. The third kappa shape index (κ3) is 5.88. The Hall–Kier alpha value is -3.26. The maximum absolute atomic E-state index is 13.2. The van der Waals surface area contributed by atoms with E-state index in [2.05, 4.69) is 49.5 Å². The van der Waals surface area contributed by atoms with E-state index in [-0.39, 0.29) is 5.82 Å². The minimum atomic E-state index is -0.292. The van der Waals surface area contributed by atoms with Gasteiger partial charge in [0.05, 0.1) is 13.2 Å². The second-order valence-corrected chi connectivity index (χ2v) is 7.44. The smallest absolute Gasteiger partial charge is 0.233 e. The summed E-state index contributed by atoms with van der Waals surface area (Å²) in [5.74, 6) is 1.12. The molecule has 2 heterocycles. The zero-order chi connectivity index (χ0) is 21.5. The zero-order valence-electron chi connectivity index (χ0n) is 17.6. The Kier molecular flexibility index (Phi) is 6.89. The van der Waals surface area contributed by atoms with Gasteiger partial charge in [-0.2, -0.15) is 15.0 Å². The molecular formula is C23H27FN6O. The van der Waals surface area contributed by atoms with E-state index in [1.807, 2.05) is 12.1 Å². The number of hydrogen-bond acceptors (Lipinski definition) is 7. The van der Waals surface area contributed by atoms with E-state index in [9.17, 15) is 4.39 Å². The lowest BCUT2D eigenvalue weighted by molar-refractivity contribution is 0.122. The third-order valence-corrected chi connectivity index (χ3v) is 5.05. The molecule has 0 amide bonds. The quantitative estimate of drug-likeness (QED) is 0.546. The molecule has 0 bridgehead atoms. The van der Waals surface area contributed by atoms with Crippen molar-refractivity contribution in [3.05, 3.63) is 59.9 Å². The topological polar surface area (TPSA) is 75.2 Å². The molecule has 31 heavy (non-hydrogen) atoms. The van der Waals surface area contributed by atoms with Gasteiger partial charge in [-0.05, 0) is 54.8 Å². The summed E-state index contributed by atoms with van der Waals surface area (Å²) in [7, 11) is 0. The fourth-order valence-electron chi connectivity index (χ4n) is 3.31. The molecule has 162 valence electrons. The molecule has 7 nitrogen and oxygen atoms in total. The molecule has 8 heteroatoms.